The molecule has 1 amide bonds. The van der Waals surface area contributed by atoms with Crippen molar-refractivity contribution in [2.45, 2.75) is 5.92 Å². The van der Waals surface area contributed by atoms with Gasteiger partial charge in [0.1, 0.15) is 6.29 Å². The van der Waals surface area contributed by atoms with Gasteiger partial charge in [-0.2, -0.15) is 11.3 Å². The topological polar surface area (TPSA) is 37.4 Å². The zero-order chi connectivity index (χ0) is 16.5. The van der Waals surface area contributed by atoms with Crippen LogP contribution in [0.4, 0.5) is 0 Å². The number of likely N-dealkylation sites (tertiary alicyclic amines) is 1. The summed E-state index contributed by atoms with van der Waals surface area (Å²) >= 11 is 1.63. The van der Waals surface area contributed by atoms with Crippen LogP contribution in [0, 0.1) is 5.92 Å². The highest BCUT2D eigenvalue weighted by Gasteiger charge is 2.36. The number of hydrogen-bond donors (Lipinski definition) is 0. The molecular weight excluding hydrogens is 318 g/mol. The third kappa shape index (κ3) is 2.53. The first-order valence-corrected chi connectivity index (χ1v) is 8.96. The Morgan fingerprint density at radius 3 is 2.71 bits per heavy atom. The minimum Gasteiger partial charge on any atom is -0.337 e. The third-order valence-corrected chi connectivity index (χ3v) is 5.52. The second-order valence-electron chi connectivity index (χ2n) is 6.20. The van der Waals surface area contributed by atoms with E-state index in [0.29, 0.717) is 18.7 Å². The number of thiophene rings is 1. The zero-order valence-corrected chi connectivity index (χ0v) is 13.9. The molecule has 2 heterocycles. The highest BCUT2D eigenvalue weighted by molar-refractivity contribution is 7.08. The van der Waals surface area contributed by atoms with Gasteiger partial charge in [0.2, 0.25) is 0 Å². The van der Waals surface area contributed by atoms with Crippen LogP contribution in [0.15, 0.2) is 59.3 Å². The van der Waals surface area contributed by atoms with E-state index in [1.165, 1.54) is 0 Å². The summed E-state index contributed by atoms with van der Waals surface area (Å²) < 4.78 is 0. The van der Waals surface area contributed by atoms with Crippen LogP contribution in [0.3, 0.4) is 0 Å². The Balaban J connectivity index is 1.66. The SMILES string of the molecule is O=C[C@@H]1CN(C(=O)c2cccc3ccccc23)C[C@H]1c1ccsc1. The standard InChI is InChI=1S/C20H17NO2S/c22-12-16-10-21(11-19(16)15-8-9-24-13-15)20(23)18-7-3-5-14-4-1-2-6-17(14)18/h1-9,12-13,16,19H,10-11H2/t16-,19-/m0/s1. The van der Waals surface area contributed by atoms with E-state index in [9.17, 15) is 9.59 Å². The number of carbonyl (C=O) groups is 2. The fraction of sp³-hybridized carbons (Fsp3) is 0.200. The van der Waals surface area contributed by atoms with Crippen LogP contribution in [-0.4, -0.2) is 30.2 Å². The summed E-state index contributed by atoms with van der Waals surface area (Å²) in [5.74, 6) is -0.0115. The Bertz CT molecular complexity index is 882. The smallest absolute Gasteiger partial charge is 0.254 e. The van der Waals surface area contributed by atoms with Crippen LogP contribution in [0.2, 0.25) is 0 Å². The molecule has 0 radical (unpaired) electrons. The number of carbonyl (C=O) groups excluding carboxylic acids is 2. The summed E-state index contributed by atoms with van der Waals surface area (Å²) in [5.41, 5.74) is 1.87. The molecule has 4 rings (SSSR count). The number of rotatable bonds is 3. The Morgan fingerprint density at radius 2 is 1.92 bits per heavy atom. The Kier molecular flexibility index (Phi) is 3.90. The highest BCUT2D eigenvalue weighted by atomic mass is 32.1. The van der Waals surface area contributed by atoms with Gasteiger partial charge < -0.3 is 9.69 Å². The van der Waals surface area contributed by atoms with E-state index in [-0.39, 0.29) is 17.7 Å². The van der Waals surface area contributed by atoms with E-state index in [4.69, 9.17) is 0 Å². The second kappa shape index (κ2) is 6.21. The van der Waals surface area contributed by atoms with Crippen molar-refractivity contribution in [1.29, 1.82) is 0 Å². The van der Waals surface area contributed by atoms with Crippen molar-refractivity contribution in [1.82, 2.24) is 4.90 Å². The molecule has 0 unspecified atom stereocenters. The minimum atomic E-state index is -0.126. The van der Waals surface area contributed by atoms with Gasteiger partial charge in [-0.25, -0.2) is 0 Å². The lowest BCUT2D eigenvalue weighted by atomic mass is 9.92. The Labute approximate surface area is 144 Å². The lowest BCUT2D eigenvalue weighted by molar-refractivity contribution is -0.111. The molecule has 120 valence electrons. The van der Waals surface area contributed by atoms with E-state index in [1.807, 2.05) is 52.7 Å². The van der Waals surface area contributed by atoms with Gasteiger partial charge in [-0.15, -0.1) is 0 Å². The van der Waals surface area contributed by atoms with Crippen molar-refractivity contribution >= 4 is 34.3 Å². The van der Waals surface area contributed by atoms with Gasteiger partial charge in [-0.3, -0.25) is 4.79 Å². The van der Waals surface area contributed by atoms with Gasteiger partial charge in [0.25, 0.3) is 5.91 Å². The average Bonchev–Trinajstić information content (AvgIpc) is 3.29. The van der Waals surface area contributed by atoms with Gasteiger partial charge in [-0.1, -0.05) is 36.4 Å². The minimum absolute atomic E-state index is 0.0105. The molecule has 1 aliphatic rings. The van der Waals surface area contributed by atoms with Gasteiger partial charge in [0.05, 0.1) is 0 Å². The van der Waals surface area contributed by atoms with Crippen LogP contribution >= 0.6 is 11.3 Å². The van der Waals surface area contributed by atoms with E-state index in [0.717, 1.165) is 22.6 Å². The average molecular weight is 335 g/mol. The van der Waals surface area contributed by atoms with Gasteiger partial charge in [-0.05, 0) is 39.2 Å². The summed E-state index contributed by atoms with van der Waals surface area (Å²) in [6.45, 7) is 1.09. The van der Waals surface area contributed by atoms with Crippen molar-refractivity contribution in [2.75, 3.05) is 13.1 Å². The number of amides is 1. The molecule has 0 spiro atoms. The fourth-order valence-corrected chi connectivity index (χ4v) is 4.28. The molecule has 0 saturated carbocycles. The Hall–Kier alpha value is -2.46. The molecule has 1 saturated heterocycles. The van der Waals surface area contributed by atoms with Crippen molar-refractivity contribution in [2.24, 2.45) is 5.92 Å². The van der Waals surface area contributed by atoms with Crippen LogP contribution in [0.25, 0.3) is 10.8 Å². The van der Waals surface area contributed by atoms with Gasteiger partial charge >= 0.3 is 0 Å². The summed E-state index contributed by atoms with van der Waals surface area (Å²) in [6.07, 6.45) is 0.999. The summed E-state index contributed by atoms with van der Waals surface area (Å²) in [6, 6.07) is 15.8. The maximum atomic E-state index is 13.1. The van der Waals surface area contributed by atoms with Gasteiger partial charge in [0, 0.05) is 30.5 Å². The molecule has 4 heteroatoms. The number of fused-ring (bicyclic) bond motifs is 1. The first kappa shape index (κ1) is 15.1. The molecule has 2 atom stereocenters. The van der Waals surface area contributed by atoms with Crippen LogP contribution in [-0.2, 0) is 4.79 Å². The predicted molar refractivity (Wildman–Crippen MR) is 96.5 cm³/mol. The normalized spacial score (nSPS) is 20.4. The highest BCUT2D eigenvalue weighted by Crippen LogP contribution is 2.34. The molecule has 24 heavy (non-hydrogen) atoms. The molecule has 3 nitrogen and oxygen atoms in total. The largest absolute Gasteiger partial charge is 0.337 e. The maximum Gasteiger partial charge on any atom is 0.254 e. The molecule has 3 aromatic rings. The molecule has 0 bridgehead atoms. The van der Waals surface area contributed by atoms with Crippen molar-refractivity contribution in [3.05, 3.63) is 70.4 Å². The van der Waals surface area contributed by atoms with Gasteiger partial charge in [0.15, 0.2) is 0 Å². The molecule has 1 aliphatic heterocycles. The number of hydrogen-bond acceptors (Lipinski definition) is 3. The fourth-order valence-electron chi connectivity index (χ4n) is 3.55. The second-order valence-corrected chi connectivity index (χ2v) is 6.98. The van der Waals surface area contributed by atoms with Crippen LogP contribution < -0.4 is 0 Å². The molecule has 1 fully saturated rings. The predicted octanol–water partition coefficient (Wildman–Crippen LogP) is 3.96. The lowest BCUT2D eigenvalue weighted by Crippen LogP contribution is -2.29. The van der Waals surface area contributed by atoms with Crippen LogP contribution in [0.1, 0.15) is 21.8 Å². The third-order valence-electron chi connectivity index (χ3n) is 4.82. The summed E-state index contributed by atoms with van der Waals surface area (Å²) in [5, 5.41) is 6.12. The zero-order valence-electron chi connectivity index (χ0n) is 13.1. The maximum absolute atomic E-state index is 13.1. The number of aldehydes is 1. The quantitative estimate of drug-likeness (QED) is 0.680. The number of nitrogens with zero attached hydrogens (tertiary/aromatic N) is 1. The Morgan fingerprint density at radius 1 is 1.08 bits per heavy atom. The first-order chi connectivity index (χ1) is 11.8. The van der Waals surface area contributed by atoms with E-state index < -0.39 is 0 Å². The van der Waals surface area contributed by atoms with E-state index >= 15 is 0 Å². The van der Waals surface area contributed by atoms with Crippen LogP contribution in [0.5, 0.6) is 0 Å². The van der Waals surface area contributed by atoms with Crippen molar-refractivity contribution in [3.8, 4) is 0 Å². The lowest BCUT2D eigenvalue weighted by Gasteiger charge is -2.17. The molecule has 0 aliphatic carbocycles. The molecule has 1 aromatic heterocycles. The number of benzene rings is 2. The summed E-state index contributed by atoms with van der Waals surface area (Å²) in [4.78, 5) is 26.4. The summed E-state index contributed by atoms with van der Waals surface area (Å²) in [7, 11) is 0. The molecule has 2 aromatic carbocycles. The van der Waals surface area contributed by atoms with E-state index in [1.54, 1.807) is 11.3 Å². The van der Waals surface area contributed by atoms with E-state index in [2.05, 4.69) is 11.4 Å². The first-order valence-electron chi connectivity index (χ1n) is 8.02. The van der Waals surface area contributed by atoms with Crippen molar-refractivity contribution < 1.29 is 9.59 Å². The molecular formula is C20H17NO2S. The van der Waals surface area contributed by atoms with Crippen molar-refractivity contribution in [3.63, 3.8) is 0 Å². The monoisotopic (exact) mass is 335 g/mol. The molecule has 0 N–H and O–H groups in total.